The molecular weight excluding hydrogens is 167 g/mol. The number of rotatable bonds is 0. The van der Waals surface area contributed by atoms with E-state index in [1.807, 2.05) is 0 Å². The van der Waals surface area contributed by atoms with E-state index in [1.165, 1.54) is 12.1 Å². The Bertz CT molecular complexity index is 405. The molecule has 0 heterocycles. The first-order chi connectivity index (χ1) is 6.21. The highest BCUT2D eigenvalue weighted by atomic mass is 19.1. The van der Waals surface area contributed by atoms with Crippen molar-refractivity contribution in [3.63, 3.8) is 0 Å². The highest BCUT2D eigenvalue weighted by Crippen LogP contribution is 2.56. The Hall–Kier alpha value is -1.18. The lowest BCUT2D eigenvalue weighted by Gasteiger charge is -2.04. The fraction of sp³-hybridized carbons (Fsp3) is 0.364. The van der Waals surface area contributed by atoms with Crippen LogP contribution in [0.15, 0.2) is 18.2 Å². The summed E-state index contributed by atoms with van der Waals surface area (Å²) in [5, 5.41) is 0. The van der Waals surface area contributed by atoms with E-state index in [0.717, 1.165) is 18.4 Å². The van der Waals surface area contributed by atoms with Gasteiger partial charge in [-0.25, -0.2) is 4.39 Å². The average molecular weight is 176 g/mol. The maximum absolute atomic E-state index is 12.9. The van der Waals surface area contributed by atoms with Gasteiger partial charge in [0.1, 0.15) is 5.82 Å². The summed E-state index contributed by atoms with van der Waals surface area (Å²) in [5.74, 6) is -0.184. The van der Waals surface area contributed by atoms with Crippen molar-refractivity contribution in [1.82, 2.24) is 0 Å². The Balaban J connectivity index is 2.25. The zero-order valence-electron chi connectivity index (χ0n) is 7.14. The lowest BCUT2D eigenvalue weighted by molar-refractivity contribution is 0.0986. The van der Waals surface area contributed by atoms with E-state index in [9.17, 15) is 9.18 Å². The van der Waals surface area contributed by atoms with Crippen molar-refractivity contribution in [2.75, 3.05) is 0 Å². The zero-order chi connectivity index (χ0) is 9.05. The summed E-state index contributed by atoms with van der Waals surface area (Å²) in [4.78, 5) is 11.5. The van der Waals surface area contributed by atoms with Crippen molar-refractivity contribution in [2.45, 2.75) is 24.7 Å². The van der Waals surface area contributed by atoms with E-state index < -0.39 is 0 Å². The van der Waals surface area contributed by atoms with Gasteiger partial charge in [-0.2, -0.15) is 0 Å². The van der Waals surface area contributed by atoms with E-state index in [-0.39, 0.29) is 17.0 Å². The molecular formula is C11H9FO. The second-order valence-electron chi connectivity index (χ2n) is 4.07. The smallest absolute Gasteiger partial charge is 0.164 e. The molecule has 2 aliphatic rings. The van der Waals surface area contributed by atoms with Gasteiger partial charge in [-0.3, -0.25) is 4.79 Å². The lowest BCUT2D eigenvalue weighted by Crippen LogP contribution is -1.99. The molecule has 1 aromatic rings. The number of hydrogen-bond donors (Lipinski definition) is 0. The van der Waals surface area contributed by atoms with Crippen molar-refractivity contribution in [2.24, 2.45) is 0 Å². The van der Waals surface area contributed by atoms with Crippen LogP contribution in [0.3, 0.4) is 0 Å². The molecule has 13 heavy (non-hydrogen) atoms. The van der Waals surface area contributed by atoms with Crippen LogP contribution in [0.25, 0.3) is 0 Å². The first kappa shape index (κ1) is 7.25. The third-order valence-electron chi connectivity index (χ3n) is 3.21. The third-order valence-corrected chi connectivity index (χ3v) is 3.21. The van der Waals surface area contributed by atoms with Gasteiger partial charge in [-0.1, -0.05) is 6.07 Å². The predicted molar refractivity (Wildman–Crippen MR) is 46.3 cm³/mol. The SMILES string of the molecule is O=C1CC2(CC2)c2ccc(F)cc21. The summed E-state index contributed by atoms with van der Waals surface area (Å²) in [6.45, 7) is 0. The van der Waals surface area contributed by atoms with Gasteiger partial charge < -0.3 is 0 Å². The summed E-state index contributed by atoms with van der Waals surface area (Å²) in [5.41, 5.74) is 1.83. The molecule has 0 aliphatic heterocycles. The maximum Gasteiger partial charge on any atom is 0.164 e. The second-order valence-corrected chi connectivity index (χ2v) is 4.07. The van der Waals surface area contributed by atoms with Crippen molar-refractivity contribution in [3.05, 3.63) is 35.1 Å². The molecule has 1 fully saturated rings. The number of halogens is 1. The summed E-state index contributed by atoms with van der Waals surface area (Å²) in [6.07, 6.45) is 2.79. The number of fused-ring (bicyclic) bond motifs is 2. The average Bonchev–Trinajstić information content (AvgIpc) is 2.79. The molecule has 0 atom stereocenters. The molecule has 0 aromatic heterocycles. The Morgan fingerprint density at radius 3 is 2.77 bits per heavy atom. The number of carbonyl (C=O) groups is 1. The van der Waals surface area contributed by atoms with Crippen LogP contribution in [0.4, 0.5) is 4.39 Å². The first-order valence-corrected chi connectivity index (χ1v) is 4.55. The van der Waals surface area contributed by atoms with Crippen LogP contribution in [-0.2, 0) is 5.41 Å². The van der Waals surface area contributed by atoms with Gasteiger partial charge in [0, 0.05) is 17.4 Å². The van der Waals surface area contributed by atoms with E-state index in [1.54, 1.807) is 6.07 Å². The first-order valence-electron chi connectivity index (χ1n) is 4.55. The molecule has 0 N–H and O–H groups in total. The minimum Gasteiger partial charge on any atom is -0.294 e. The quantitative estimate of drug-likeness (QED) is 0.593. The Kier molecular flexibility index (Phi) is 1.12. The molecule has 1 spiro atoms. The molecule has 2 heteroatoms. The lowest BCUT2D eigenvalue weighted by atomic mass is 9.99. The summed E-state index contributed by atoms with van der Waals surface area (Å²) in [7, 11) is 0. The molecule has 0 amide bonds. The summed E-state index contributed by atoms with van der Waals surface area (Å²) >= 11 is 0. The third kappa shape index (κ3) is 0.831. The summed E-state index contributed by atoms with van der Waals surface area (Å²) in [6, 6.07) is 4.62. The zero-order valence-corrected chi connectivity index (χ0v) is 7.14. The van der Waals surface area contributed by atoms with Gasteiger partial charge in [0.2, 0.25) is 0 Å². The molecule has 0 saturated heterocycles. The molecule has 1 nitrogen and oxygen atoms in total. The number of ketones is 1. The minimum absolute atomic E-state index is 0.118. The molecule has 0 unspecified atom stereocenters. The van der Waals surface area contributed by atoms with E-state index >= 15 is 0 Å². The molecule has 3 rings (SSSR count). The second kappa shape index (κ2) is 2.00. The predicted octanol–water partition coefficient (Wildman–Crippen LogP) is 2.44. The van der Waals surface area contributed by atoms with Crippen LogP contribution in [0.2, 0.25) is 0 Å². The Morgan fingerprint density at radius 1 is 1.31 bits per heavy atom. The fourth-order valence-electron chi connectivity index (χ4n) is 2.30. The maximum atomic E-state index is 12.9. The number of hydrogen-bond acceptors (Lipinski definition) is 1. The Morgan fingerprint density at radius 2 is 2.08 bits per heavy atom. The standard InChI is InChI=1S/C11H9FO/c12-7-1-2-9-8(5-7)10(13)6-11(9)3-4-11/h1-2,5H,3-4,6H2. The summed E-state index contributed by atoms with van der Waals surface area (Å²) < 4.78 is 12.9. The number of benzene rings is 1. The molecule has 1 aromatic carbocycles. The molecule has 0 radical (unpaired) electrons. The van der Waals surface area contributed by atoms with Gasteiger partial charge in [0.25, 0.3) is 0 Å². The topological polar surface area (TPSA) is 17.1 Å². The molecule has 2 aliphatic carbocycles. The van der Waals surface area contributed by atoms with E-state index in [2.05, 4.69) is 0 Å². The molecule has 1 saturated carbocycles. The van der Waals surface area contributed by atoms with Crippen LogP contribution < -0.4 is 0 Å². The van der Waals surface area contributed by atoms with E-state index in [4.69, 9.17) is 0 Å². The van der Waals surface area contributed by atoms with Crippen molar-refractivity contribution < 1.29 is 9.18 Å². The van der Waals surface area contributed by atoms with Crippen LogP contribution in [0.5, 0.6) is 0 Å². The van der Waals surface area contributed by atoms with Crippen LogP contribution in [0, 0.1) is 5.82 Å². The monoisotopic (exact) mass is 176 g/mol. The highest BCUT2D eigenvalue weighted by molar-refractivity contribution is 6.02. The Labute approximate surface area is 75.6 Å². The van der Waals surface area contributed by atoms with Gasteiger partial charge in [-0.15, -0.1) is 0 Å². The largest absolute Gasteiger partial charge is 0.294 e. The van der Waals surface area contributed by atoms with Crippen LogP contribution in [-0.4, -0.2) is 5.78 Å². The normalized spacial score (nSPS) is 22.1. The van der Waals surface area contributed by atoms with Crippen molar-refractivity contribution in [3.8, 4) is 0 Å². The van der Waals surface area contributed by atoms with Crippen LogP contribution in [0.1, 0.15) is 35.2 Å². The number of carbonyl (C=O) groups excluding carboxylic acids is 1. The number of Topliss-reactive ketones (excluding diaryl/α,β-unsaturated/α-hetero) is 1. The van der Waals surface area contributed by atoms with Crippen molar-refractivity contribution >= 4 is 5.78 Å². The van der Waals surface area contributed by atoms with Crippen LogP contribution >= 0.6 is 0 Å². The highest BCUT2D eigenvalue weighted by Gasteiger charge is 2.51. The van der Waals surface area contributed by atoms with Crippen molar-refractivity contribution in [1.29, 1.82) is 0 Å². The minimum atomic E-state index is -0.301. The van der Waals surface area contributed by atoms with E-state index in [0.29, 0.717) is 12.0 Å². The van der Waals surface area contributed by atoms with Gasteiger partial charge >= 0.3 is 0 Å². The van der Waals surface area contributed by atoms with Gasteiger partial charge in [-0.05, 0) is 30.5 Å². The van der Waals surface area contributed by atoms with Gasteiger partial charge in [0.05, 0.1) is 0 Å². The fourth-order valence-corrected chi connectivity index (χ4v) is 2.30. The molecule has 66 valence electrons. The molecule has 0 bridgehead atoms. The van der Waals surface area contributed by atoms with Gasteiger partial charge in [0.15, 0.2) is 5.78 Å².